The summed E-state index contributed by atoms with van der Waals surface area (Å²) in [7, 11) is 0. The molecule has 1 aliphatic heterocycles. The normalized spacial score (nSPS) is 26.5. The third-order valence-electron chi connectivity index (χ3n) is 3.15. The monoisotopic (exact) mass is 269 g/mol. The van der Waals surface area contributed by atoms with Crippen LogP contribution in [0.25, 0.3) is 0 Å². The molecule has 1 aromatic rings. The third kappa shape index (κ3) is 2.25. The molecule has 1 saturated heterocycles. The molecule has 2 nitrogen and oxygen atoms in total. The Morgan fingerprint density at radius 3 is 2.93 bits per heavy atom. The fraction of sp³-hybridized carbons (Fsp3) is 0.500. The van der Waals surface area contributed by atoms with Crippen molar-refractivity contribution in [2.24, 2.45) is 5.73 Å². The van der Waals surface area contributed by atoms with Crippen LogP contribution in [-0.2, 0) is 10.2 Å². The van der Waals surface area contributed by atoms with E-state index in [9.17, 15) is 0 Å². The Hall–Kier alpha value is -0.380. The van der Waals surface area contributed by atoms with Gasteiger partial charge in [0.05, 0.1) is 6.61 Å². The molecule has 1 atom stereocenters. The van der Waals surface area contributed by atoms with E-state index >= 15 is 0 Å². The first-order valence-electron chi connectivity index (χ1n) is 5.31. The number of benzene rings is 1. The highest BCUT2D eigenvalue weighted by molar-refractivity contribution is 9.10. The van der Waals surface area contributed by atoms with Crippen molar-refractivity contribution in [3.63, 3.8) is 0 Å². The standard InChI is InChI=1S/C12H16BrNO/c13-11-4-1-3-10(7-11)12(8-14)5-2-6-15-9-12/h1,3-4,7H,2,5-6,8-9,14H2. The van der Waals surface area contributed by atoms with Gasteiger partial charge in [-0.15, -0.1) is 0 Å². The number of hydrogen-bond acceptors (Lipinski definition) is 2. The molecule has 0 aromatic heterocycles. The van der Waals surface area contributed by atoms with Crippen molar-refractivity contribution < 1.29 is 4.74 Å². The zero-order valence-electron chi connectivity index (χ0n) is 8.71. The maximum atomic E-state index is 5.93. The zero-order valence-corrected chi connectivity index (χ0v) is 10.3. The lowest BCUT2D eigenvalue weighted by Crippen LogP contribution is -2.42. The average molecular weight is 270 g/mol. The van der Waals surface area contributed by atoms with Gasteiger partial charge < -0.3 is 10.5 Å². The molecule has 15 heavy (non-hydrogen) atoms. The van der Waals surface area contributed by atoms with Crippen LogP contribution in [0, 0.1) is 0 Å². The Labute approximate surface area is 98.9 Å². The molecule has 0 bridgehead atoms. The molecular weight excluding hydrogens is 254 g/mol. The lowest BCUT2D eigenvalue weighted by atomic mass is 9.76. The average Bonchev–Trinajstić information content (AvgIpc) is 2.30. The Kier molecular flexibility index (Phi) is 3.44. The van der Waals surface area contributed by atoms with Crippen LogP contribution in [0.5, 0.6) is 0 Å². The van der Waals surface area contributed by atoms with E-state index in [0.717, 1.165) is 30.5 Å². The van der Waals surface area contributed by atoms with Gasteiger partial charge >= 0.3 is 0 Å². The molecule has 1 unspecified atom stereocenters. The van der Waals surface area contributed by atoms with E-state index in [4.69, 9.17) is 10.5 Å². The van der Waals surface area contributed by atoms with Gasteiger partial charge in [-0.1, -0.05) is 28.1 Å². The predicted octanol–water partition coefficient (Wildman–Crippen LogP) is 2.46. The maximum Gasteiger partial charge on any atom is 0.0575 e. The highest BCUT2D eigenvalue weighted by Crippen LogP contribution is 2.33. The Balaban J connectivity index is 2.32. The second-order valence-electron chi connectivity index (χ2n) is 4.15. The fourth-order valence-electron chi connectivity index (χ4n) is 2.18. The molecule has 3 heteroatoms. The quantitative estimate of drug-likeness (QED) is 0.896. The van der Waals surface area contributed by atoms with Crippen molar-refractivity contribution in [1.82, 2.24) is 0 Å². The van der Waals surface area contributed by atoms with Crippen molar-refractivity contribution in [2.75, 3.05) is 19.8 Å². The maximum absolute atomic E-state index is 5.93. The SMILES string of the molecule is NCC1(c2cccc(Br)c2)CCCOC1. The van der Waals surface area contributed by atoms with Gasteiger partial charge in [0.1, 0.15) is 0 Å². The molecule has 0 saturated carbocycles. The van der Waals surface area contributed by atoms with Gasteiger partial charge in [0.2, 0.25) is 0 Å². The van der Waals surface area contributed by atoms with Crippen LogP contribution in [0.1, 0.15) is 18.4 Å². The van der Waals surface area contributed by atoms with Gasteiger partial charge in [0.15, 0.2) is 0 Å². The molecular formula is C12H16BrNO. The number of halogens is 1. The minimum atomic E-state index is 0.0298. The number of rotatable bonds is 2. The molecule has 1 heterocycles. The summed E-state index contributed by atoms with van der Waals surface area (Å²) in [6, 6.07) is 8.40. The second-order valence-corrected chi connectivity index (χ2v) is 5.07. The van der Waals surface area contributed by atoms with Crippen molar-refractivity contribution in [3.05, 3.63) is 34.3 Å². The van der Waals surface area contributed by atoms with Gasteiger partial charge in [0, 0.05) is 23.0 Å². The van der Waals surface area contributed by atoms with Crippen molar-refractivity contribution in [1.29, 1.82) is 0 Å². The lowest BCUT2D eigenvalue weighted by molar-refractivity contribution is 0.0377. The van der Waals surface area contributed by atoms with Crippen molar-refractivity contribution >= 4 is 15.9 Å². The molecule has 0 aliphatic carbocycles. The highest BCUT2D eigenvalue weighted by Gasteiger charge is 2.33. The summed E-state index contributed by atoms with van der Waals surface area (Å²) in [4.78, 5) is 0. The van der Waals surface area contributed by atoms with Gasteiger partial charge in [-0.3, -0.25) is 0 Å². The van der Waals surface area contributed by atoms with E-state index in [1.807, 2.05) is 6.07 Å². The van der Waals surface area contributed by atoms with Crippen LogP contribution in [-0.4, -0.2) is 19.8 Å². The number of ether oxygens (including phenoxy) is 1. The summed E-state index contributed by atoms with van der Waals surface area (Å²) in [6.07, 6.45) is 2.23. The van der Waals surface area contributed by atoms with E-state index in [-0.39, 0.29) is 5.41 Å². The minimum absolute atomic E-state index is 0.0298. The lowest BCUT2D eigenvalue weighted by Gasteiger charge is -2.36. The molecule has 1 aromatic carbocycles. The summed E-state index contributed by atoms with van der Waals surface area (Å²) in [5.41, 5.74) is 7.25. The molecule has 0 radical (unpaired) electrons. The summed E-state index contributed by atoms with van der Waals surface area (Å²) in [5, 5.41) is 0. The smallest absolute Gasteiger partial charge is 0.0575 e. The molecule has 2 N–H and O–H groups in total. The van der Waals surface area contributed by atoms with E-state index in [0.29, 0.717) is 6.54 Å². The van der Waals surface area contributed by atoms with Crippen LogP contribution >= 0.6 is 15.9 Å². The van der Waals surface area contributed by atoms with Crippen LogP contribution in [0.15, 0.2) is 28.7 Å². The number of hydrogen-bond donors (Lipinski definition) is 1. The first-order valence-corrected chi connectivity index (χ1v) is 6.10. The van der Waals surface area contributed by atoms with Gasteiger partial charge in [-0.25, -0.2) is 0 Å². The summed E-state index contributed by atoms with van der Waals surface area (Å²) < 4.78 is 6.68. The summed E-state index contributed by atoms with van der Waals surface area (Å²) in [5.74, 6) is 0. The molecule has 0 spiro atoms. The minimum Gasteiger partial charge on any atom is -0.380 e. The molecule has 1 fully saturated rings. The summed E-state index contributed by atoms with van der Waals surface area (Å²) >= 11 is 3.50. The molecule has 82 valence electrons. The Morgan fingerprint density at radius 2 is 2.33 bits per heavy atom. The Bertz CT molecular complexity index is 334. The van der Waals surface area contributed by atoms with Crippen LogP contribution in [0.4, 0.5) is 0 Å². The van der Waals surface area contributed by atoms with E-state index in [2.05, 4.69) is 34.1 Å². The first-order chi connectivity index (χ1) is 7.27. The van der Waals surface area contributed by atoms with Crippen molar-refractivity contribution in [2.45, 2.75) is 18.3 Å². The van der Waals surface area contributed by atoms with Crippen LogP contribution in [0.2, 0.25) is 0 Å². The fourth-order valence-corrected chi connectivity index (χ4v) is 2.58. The largest absolute Gasteiger partial charge is 0.380 e. The molecule has 2 rings (SSSR count). The van der Waals surface area contributed by atoms with Crippen molar-refractivity contribution in [3.8, 4) is 0 Å². The highest BCUT2D eigenvalue weighted by atomic mass is 79.9. The van der Waals surface area contributed by atoms with Crippen LogP contribution in [0.3, 0.4) is 0 Å². The van der Waals surface area contributed by atoms with Gasteiger partial charge in [0.25, 0.3) is 0 Å². The summed E-state index contributed by atoms with van der Waals surface area (Å²) in [6.45, 7) is 2.28. The topological polar surface area (TPSA) is 35.2 Å². The van der Waals surface area contributed by atoms with E-state index in [1.165, 1.54) is 5.56 Å². The van der Waals surface area contributed by atoms with Crippen LogP contribution < -0.4 is 5.73 Å². The second kappa shape index (κ2) is 4.64. The number of nitrogens with two attached hydrogens (primary N) is 1. The van der Waals surface area contributed by atoms with E-state index in [1.54, 1.807) is 0 Å². The van der Waals surface area contributed by atoms with E-state index < -0.39 is 0 Å². The molecule has 1 aliphatic rings. The zero-order chi connectivity index (χ0) is 10.7. The predicted molar refractivity (Wildman–Crippen MR) is 64.9 cm³/mol. The first kappa shape index (κ1) is 11.1. The third-order valence-corrected chi connectivity index (χ3v) is 3.64. The van der Waals surface area contributed by atoms with Gasteiger partial charge in [-0.05, 0) is 30.5 Å². The Morgan fingerprint density at radius 1 is 1.47 bits per heavy atom. The van der Waals surface area contributed by atoms with Gasteiger partial charge in [-0.2, -0.15) is 0 Å². The molecule has 0 amide bonds.